The van der Waals surface area contributed by atoms with Crippen LogP contribution in [0.4, 0.5) is 0 Å². The molecule has 0 aliphatic carbocycles. The molecule has 0 saturated heterocycles. The Hall–Kier alpha value is 0.870. The topological polar surface area (TPSA) is 77.4 Å². The quantitative estimate of drug-likeness (QED) is 0.464. The smallest absolute Gasteiger partial charge is 0.746 e. The first kappa shape index (κ1) is 18.2. The Morgan fingerprint density at radius 2 is 1.40 bits per heavy atom. The predicted octanol–water partition coefficient (Wildman–Crippen LogP) is -1.68. The van der Waals surface area contributed by atoms with Gasteiger partial charge in [0.15, 0.2) is 4.93 Å². The van der Waals surface area contributed by atoms with E-state index in [0.717, 1.165) is 0 Å². The van der Waals surface area contributed by atoms with Crippen molar-refractivity contribution >= 4 is 10.1 Å². The number of rotatable bonds is 5. The summed E-state index contributed by atoms with van der Waals surface area (Å²) in [6, 6.07) is 0. The van der Waals surface area contributed by atoms with Crippen molar-refractivity contribution in [2.45, 2.75) is 45.5 Å². The van der Waals surface area contributed by atoms with Gasteiger partial charge in [-0.15, -0.1) is 0 Å². The molecule has 0 spiro atoms. The summed E-state index contributed by atoms with van der Waals surface area (Å²) in [5, 5.41) is 9.79. The molecule has 0 aromatic carbocycles. The van der Waals surface area contributed by atoms with Crippen LogP contribution in [0.25, 0.3) is 0 Å². The van der Waals surface area contributed by atoms with Crippen molar-refractivity contribution in [1.29, 1.82) is 0 Å². The van der Waals surface area contributed by atoms with E-state index in [9.17, 15) is 18.1 Å². The molecule has 0 bridgehead atoms. The van der Waals surface area contributed by atoms with Crippen molar-refractivity contribution in [2.24, 2.45) is 11.8 Å². The summed E-state index contributed by atoms with van der Waals surface area (Å²) in [6.45, 7) is 7.10. The van der Waals surface area contributed by atoms with Crippen LogP contribution in [-0.4, -0.2) is 23.0 Å². The van der Waals surface area contributed by atoms with E-state index in [2.05, 4.69) is 0 Å². The van der Waals surface area contributed by atoms with Crippen molar-refractivity contribution < 1.29 is 47.6 Å². The van der Waals surface area contributed by atoms with Gasteiger partial charge in [0.2, 0.25) is 0 Å². The van der Waals surface area contributed by atoms with E-state index < -0.39 is 15.1 Å². The van der Waals surface area contributed by atoms with Gasteiger partial charge in [-0.05, 0) is 24.7 Å². The monoisotopic (exact) mass is 246 g/mol. The van der Waals surface area contributed by atoms with Crippen molar-refractivity contribution in [3.63, 3.8) is 0 Å². The van der Waals surface area contributed by atoms with Crippen LogP contribution in [-0.2, 0) is 10.1 Å². The van der Waals surface area contributed by atoms with Gasteiger partial charge in [0.05, 0.1) is 0 Å². The number of aliphatic hydroxyl groups is 1. The Morgan fingerprint density at radius 1 is 1.13 bits per heavy atom. The normalized spacial score (nSPS) is 13.1. The van der Waals surface area contributed by atoms with Crippen molar-refractivity contribution in [1.82, 2.24) is 0 Å². The van der Waals surface area contributed by atoms with E-state index in [4.69, 9.17) is 0 Å². The average Bonchev–Trinajstić information content (AvgIpc) is 1.78. The molecule has 0 unspecified atom stereocenters. The van der Waals surface area contributed by atoms with E-state index >= 15 is 0 Å². The summed E-state index contributed by atoms with van der Waals surface area (Å²) in [5.41, 5.74) is 0. The van der Waals surface area contributed by atoms with Crippen LogP contribution in [0.15, 0.2) is 0 Å². The molecule has 0 aliphatic rings. The summed E-state index contributed by atoms with van der Waals surface area (Å²) < 4.78 is 32.8. The standard InChI is InChI=1S/C9H20O4S.Na/c1-7(2)5-9(10,6-8(3)4)14(11,12)13;/h7-8,10H,5-6H2,1-4H3,(H,11,12,13);/q;+1/p-1. The molecule has 15 heavy (non-hydrogen) atoms. The number of hydrogen-bond donors (Lipinski definition) is 1. The van der Waals surface area contributed by atoms with Gasteiger partial charge in [-0.2, -0.15) is 0 Å². The van der Waals surface area contributed by atoms with Gasteiger partial charge in [-0.1, -0.05) is 27.7 Å². The Kier molecular flexibility index (Phi) is 7.99. The molecule has 0 aromatic rings. The third-order valence-electron chi connectivity index (χ3n) is 1.92. The molecule has 0 aliphatic heterocycles. The van der Waals surface area contributed by atoms with Crippen LogP contribution in [0, 0.1) is 11.8 Å². The fourth-order valence-corrected chi connectivity index (χ4v) is 2.64. The minimum atomic E-state index is -4.65. The SMILES string of the molecule is CC(C)CC(O)(CC(C)C)S(=O)(=O)[O-].[Na+]. The molecule has 0 radical (unpaired) electrons. The Balaban J connectivity index is 0. The minimum absolute atomic E-state index is 0. The Morgan fingerprint density at radius 3 is 1.53 bits per heavy atom. The van der Waals surface area contributed by atoms with Gasteiger partial charge >= 0.3 is 29.6 Å². The van der Waals surface area contributed by atoms with Crippen LogP contribution in [0.5, 0.6) is 0 Å². The van der Waals surface area contributed by atoms with Gasteiger partial charge < -0.3 is 9.66 Å². The maximum absolute atomic E-state index is 10.9. The van der Waals surface area contributed by atoms with Crippen molar-refractivity contribution in [3.05, 3.63) is 0 Å². The summed E-state index contributed by atoms with van der Waals surface area (Å²) in [5.74, 6) is -0.0510. The van der Waals surface area contributed by atoms with Gasteiger partial charge in [0, 0.05) is 0 Å². The first-order chi connectivity index (χ1) is 6.08. The zero-order valence-electron chi connectivity index (χ0n) is 10.1. The molecular weight excluding hydrogens is 227 g/mol. The first-order valence-corrected chi connectivity index (χ1v) is 6.17. The summed E-state index contributed by atoms with van der Waals surface area (Å²) in [4.78, 5) is -2.10. The van der Waals surface area contributed by atoms with Gasteiger partial charge in [0.1, 0.15) is 10.1 Å². The van der Waals surface area contributed by atoms with E-state index in [1.165, 1.54) is 0 Å². The fraction of sp³-hybridized carbons (Fsp3) is 1.00. The second-order valence-electron chi connectivity index (χ2n) is 4.60. The maximum atomic E-state index is 10.9. The molecule has 1 N–H and O–H groups in total. The molecule has 4 nitrogen and oxygen atoms in total. The zero-order chi connectivity index (χ0) is 11.6. The molecule has 6 heteroatoms. The van der Waals surface area contributed by atoms with Crippen LogP contribution >= 0.6 is 0 Å². The van der Waals surface area contributed by atoms with Crippen LogP contribution in [0.1, 0.15) is 40.5 Å². The second kappa shape index (κ2) is 6.57. The Bertz CT molecular complexity index is 262. The first-order valence-electron chi connectivity index (χ1n) is 4.76. The van der Waals surface area contributed by atoms with Gasteiger partial charge in [0.25, 0.3) is 0 Å². The molecule has 0 atom stereocenters. The molecule has 0 rings (SSSR count). The van der Waals surface area contributed by atoms with Gasteiger partial charge in [-0.3, -0.25) is 0 Å². The molecule has 0 fully saturated rings. The molecule has 0 saturated carbocycles. The van der Waals surface area contributed by atoms with Crippen LogP contribution < -0.4 is 29.6 Å². The summed E-state index contributed by atoms with van der Waals surface area (Å²) in [7, 11) is -4.65. The third kappa shape index (κ3) is 6.24. The van der Waals surface area contributed by atoms with Crippen molar-refractivity contribution in [2.75, 3.05) is 0 Å². The summed E-state index contributed by atoms with van der Waals surface area (Å²) >= 11 is 0. The van der Waals surface area contributed by atoms with Crippen LogP contribution in [0.3, 0.4) is 0 Å². The van der Waals surface area contributed by atoms with E-state index in [1.54, 1.807) is 27.7 Å². The minimum Gasteiger partial charge on any atom is -0.746 e. The van der Waals surface area contributed by atoms with E-state index in [-0.39, 0.29) is 54.2 Å². The Labute approximate surface area is 114 Å². The molecular formula is C9H19NaO4S. The predicted molar refractivity (Wildman–Crippen MR) is 53.6 cm³/mol. The summed E-state index contributed by atoms with van der Waals surface area (Å²) in [6.07, 6.45) is -0.00593. The fourth-order valence-electron chi connectivity index (χ4n) is 1.56. The molecule has 0 heterocycles. The van der Waals surface area contributed by atoms with E-state index in [0.29, 0.717) is 0 Å². The average molecular weight is 246 g/mol. The van der Waals surface area contributed by atoms with E-state index in [1.807, 2.05) is 0 Å². The molecule has 0 aromatic heterocycles. The zero-order valence-corrected chi connectivity index (χ0v) is 13.0. The largest absolute Gasteiger partial charge is 1.00 e. The third-order valence-corrected chi connectivity index (χ3v) is 3.18. The molecule has 0 amide bonds. The molecule has 86 valence electrons. The number of hydrogen-bond acceptors (Lipinski definition) is 4. The van der Waals surface area contributed by atoms with Crippen LogP contribution in [0.2, 0.25) is 0 Å². The maximum Gasteiger partial charge on any atom is 1.00 e. The van der Waals surface area contributed by atoms with Crippen molar-refractivity contribution in [3.8, 4) is 0 Å². The van der Waals surface area contributed by atoms with Gasteiger partial charge in [-0.25, -0.2) is 8.42 Å². The second-order valence-corrected chi connectivity index (χ2v) is 6.26.